The van der Waals surface area contributed by atoms with Gasteiger partial charge < -0.3 is 34.9 Å². The second kappa shape index (κ2) is 12.6. The Hall–Kier alpha value is -3.50. The summed E-state index contributed by atoms with van der Waals surface area (Å²) in [6.45, 7) is 9.55. The van der Waals surface area contributed by atoms with E-state index in [-0.39, 0.29) is 55.9 Å². The van der Waals surface area contributed by atoms with Gasteiger partial charge in [-0.1, -0.05) is 13.0 Å². The summed E-state index contributed by atoms with van der Waals surface area (Å²) in [5.74, 6) is 2.02. The van der Waals surface area contributed by atoms with Crippen LogP contribution in [0.2, 0.25) is 0 Å². The maximum Gasteiger partial charge on any atom is 0.319 e. The van der Waals surface area contributed by atoms with Crippen molar-refractivity contribution in [2.45, 2.75) is 58.8 Å². The Morgan fingerprint density at radius 2 is 1.87 bits per heavy atom. The molecule has 0 aliphatic carbocycles. The third-order valence-electron chi connectivity index (χ3n) is 6.98. The first-order valence-corrected chi connectivity index (χ1v) is 13.5. The van der Waals surface area contributed by atoms with Crippen LogP contribution >= 0.6 is 0 Å². The highest BCUT2D eigenvalue weighted by molar-refractivity contribution is 5.90. The SMILES string of the molecule is CC(C)NC(=O)Nc1ccc2c(c1)CC(=O)N([C@H](C)CO)C[C@@H](C)[C@@H](CN(C)Cc1ccc3c(c1)OCO3)O2. The van der Waals surface area contributed by atoms with E-state index in [0.717, 1.165) is 17.1 Å². The number of hydrogen-bond donors (Lipinski definition) is 3. The van der Waals surface area contributed by atoms with Gasteiger partial charge in [0.1, 0.15) is 11.9 Å². The summed E-state index contributed by atoms with van der Waals surface area (Å²) < 4.78 is 17.5. The van der Waals surface area contributed by atoms with Crippen molar-refractivity contribution in [1.29, 1.82) is 0 Å². The number of hydrogen-bond acceptors (Lipinski definition) is 7. The first kappa shape index (κ1) is 28.5. The molecule has 2 heterocycles. The van der Waals surface area contributed by atoms with E-state index in [1.54, 1.807) is 17.0 Å². The normalized spacial score (nSPS) is 19.6. The summed E-state index contributed by atoms with van der Waals surface area (Å²) in [6.07, 6.45) is -0.127. The van der Waals surface area contributed by atoms with Gasteiger partial charge in [0.05, 0.1) is 19.1 Å². The zero-order valence-electron chi connectivity index (χ0n) is 23.4. The van der Waals surface area contributed by atoms with Crippen LogP contribution in [-0.2, 0) is 17.8 Å². The van der Waals surface area contributed by atoms with Crippen LogP contribution in [0.5, 0.6) is 17.2 Å². The van der Waals surface area contributed by atoms with Gasteiger partial charge in [-0.2, -0.15) is 0 Å². The number of benzene rings is 2. The standard InChI is InChI=1S/C29H40N4O6/c1-18(2)30-29(36)31-23-7-9-24-22(11-23)12-28(35)33(20(4)16-34)13-19(3)27(39-24)15-32(5)14-21-6-8-25-26(10-21)38-17-37-25/h6-11,18-20,27,34H,12-17H2,1-5H3,(H2,30,31,36)/t19-,20-,27-/m1/s1. The number of nitrogens with zero attached hydrogens (tertiary/aromatic N) is 2. The number of aliphatic hydroxyl groups is 1. The number of amides is 3. The van der Waals surface area contributed by atoms with Crippen LogP contribution in [0.15, 0.2) is 36.4 Å². The number of anilines is 1. The molecule has 2 aromatic carbocycles. The highest BCUT2D eigenvalue weighted by Crippen LogP contribution is 2.33. The molecule has 0 fully saturated rings. The van der Waals surface area contributed by atoms with Gasteiger partial charge in [-0.05, 0) is 63.7 Å². The van der Waals surface area contributed by atoms with Gasteiger partial charge in [0.25, 0.3) is 0 Å². The third-order valence-corrected chi connectivity index (χ3v) is 6.98. The summed E-state index contributed by atoms with van der Waals surface area (Å²) >= 11 is 0. The number of rotatable bonds is 8. The molecule has 2 aliphatic rings. The lowest BCUT2D eigenvalue weighted by atomic mass is 10.0. The second-order valence-corrected chi connectivity index (χ2v) is 10.8. The van der Waals surface area contributed by atoms with Gasteiger partial charge in [-0.15, -0.1) is 0 Å². The van der Waals surface area contributed by atoms with E-state index >= 15 is 0 Å². The lowest BCUT2D eigenvalue weighted by Crippen LogP contribution is -2.47. The molecular formula is C29H40N4O6. The number of carbonyl (C=O) groups excluding carboxylic acids is 2. The molecule has 0 spiro atoms. The number of fused-ring (bicyclic) bond motifs is 2. The minimum Gasteiger partial charge on any atom is -0.488 e. The van der Waals surface area contributed by atoms with E-state index in [1.807, 2.05) is 52.1 Å². The number of ether oxygens (including phenoxy) is 3. The molecule has 0 aromatic heterocycles. The Morgan fingerprint density at radius 1 is 1.13 bits per heavy atom. The molecule has 4 rings (SSSR count). The predicted molar refractivity (Wildman–Crippen MR) is 148 cm³/mol. The molecule has 39 heavy (non-hydrogen) atoms. The van der Waals surface area contributed by atoms with E-state index in [0.29, 0.717) is 36.6 Å². The van der Waals surface area contributed by atoms with Crippen molar-refractivity contribution in [3.8, 4) is 17.2 Å². The van der Waals surface area contributed by atoms with Gasteiger partial charge in [0.2, 0.25) is 12.7 Å². The molecule has 0 radical (unpaired) electrons. The fourth-order valence-corrected chi connectivity index (χ4v) is 4.88. The third kappa shape index (κ3) is 7.33. The van der Waals surface area contributed by atoms with Crippen LogP contribution in [0.3, 0.4) is 0 Å². The minimum absolute atomic E-state index is 0.00631. The molecule has 0 bridgehead atoms. The minimum atomic E-state index is -0.327. The molecule has 212 valence electrons. The van der Waals surface area contributed by atoms with Crippen LogP contribution in [0.4, 0.5) is 10.5 Å². The highest BCUT2D eigenvalue weighted by atomic mass is 16.7. The largest absolute Gasteiger partial charge is 0.488 e. The summed E-state index contributed by atoms with van der Waals surface area (Å²) in [6, 6.07) is 10.7. The van der Waals surface area contributed by atoms with Gasteiger partial charge in [0.15, 0.2) is 11.5 Å². The summed E-state index contributed by atoms with van der Waals surface area (Å²) in [7, 11) is 2.04. The maximum atomic E-state index is 13.4. The monoisotopic (exact) mass is 540 g/mol. The first-order valence-electron chi connectivity index (χ1n) is 13.5. The Kier molecular flexibility index (Phi) is 9.19. The Bertz CT molecular complexity index is 1170. The fourth-order valence-electron chi connectivity index (χ4n) is 4.88. The van der Waals surface area contributed by atoms with Crippen LogP contribution < -0.4 is 24.8 Å². The van der Waals surface area contributed by atoms with Crippen LogP contribution in [0.25, 0.3) is 0 Å². The van der Waals surface area contributed by atoms with Gasteiger partial charge in [-0.3, -0.25) is 9.69 Å². The lowest BCUT2D eigenvalue weighted by molar-refractivity contribution is -0.134. The topological polar surface area (TPSA) is 113 Å². The lowest BCUT2D eigenvalue weighted by Gasteiger charge is -2.34. The second-order valence-electron chi connectivity index (χ2n) is 10.8. The van der Waals surface area contributed by atoms with Gasteiger partial charge in [0, 0.05) is 42.8 Å². The smallest absolute Gasteiger partial charge is 0.319 e. The zero-order chi connectivity index (χ0) is 28.1. The van der Waals surface area contributed by atoms with Crippen LogP contribution in [-0.4, -0.2) is 78.6 Å². The van der Waals surface area contributed by atoms with Crippen LogP contribution in [0.1, 0.15) is 38.8 Å². The van der Waals surface area contributed by atoms with Crippen molar-refractivity contribution < 1.29 is 28.9 Å². The Labute approximate surface area is 230 Å². The Balaban J connectivity index is 1.56. The van der Waals surface area contributed by atoms with Crippen LogP contribution in [0, 0.1) is 5.92 Å². The van der Waals surface area contributed by atoms with E-state index in [9.17, 15) is 14.7 Å². The van der Waals surface area contributed by atoms with Crippen molar-refractivity contribution >= 4 is 17.6 Å². The average Bonchev–Trinajstić information content (AvgIpc) is 3.35. The molecule has 3 N–H and O–H groups in total. The van der Waals surface area contributed by atoms with Gasteiger partial charge in [-0.25, -0.2) is 4.79 Å². The van der Waals surface area contributed by atoms with E-state index < -0.39 is 0 Å². The maximum absolute atomic E-state index is 13.4. The number of nitrogens with one attached hydrogen (secondary N) is 2. The number of likely N-dealkylation sites (N-methyl/N-ethyl adjacent to an activating group) is 1. The number of urea groups is 1. The Morgan fingerprint density at radius 3 is 2.62 bits per heavy atom. The molecule has 0 saturated carbocycles. The zero-order valence-corrected chi connectivity index (χ0v) is 23.4. The molecule has 2 aliphatic heterocycles. The average molecular weight is 541 g/mol. The number of carbonyl (C=O) groups is 2. The molecule has 3 atom stereocenters. The summed E-state index contributed by atoms with van der Waals surface area (Å²) in [4.78, 5) is 29.6. The van der Waals surface area contributed by atoms with Crippen molar-refractivity contribution in [2.24, 2.45) is 5.92 Å². The molecule has 0 unspecified atom stereocenters. The molecule has 10 heteroatoms. The number of aliphatic hydroxyl groups excluding tert-OH is 1. The van der Waals surface area contributed by atoms with E-state index in [2.05, 4.69) is 22.5 Å². The van der Waals surface area contributed by atoms with Gasteiger partial charge >= 0.3 is 6.03 Å². The molecule has 0 saturated heterocycles. The van der Waals surface area contributed by atoms with Crippen molar-refractivity contribution in [1.82, 2.24) is 15.1 Å². The van der Waals surface area contributed by atoms with Crippen molar-refractivity contribution in [2.75, 3.05) is 38.9 Å². The quantitative estimate of drug-likeness (QED) is 0.471. The molecular weight excluding hydrogens is 500 g/mol. The predicted octanol–water partition coefficient (Wildman–Crippen LogP) is 3.23. The molecule has 10 nitrogen and oxygen atoms in total. The summed E-state index contributed by atoms with van der Waals surface area (Å²) in [5, 5.41) is 15.5. The van der Waals surface area contributed by atoms with Crippen molar-refractivity contribution in [3.63, 3.8) is 0 Å². The van der Waals surface area contributed by atoms with E-state index in [1.165, 1.54) is 0 Å². The molecule has 2 aromatic rings. The summed E-state index contributed by atoms with van der Waals surface area (Å²) in [5.41, 5.74) is 2.36. The first-order chi connectivity index (χ1) is 18.6. The van der Waals surface area contributed by atoms with E-state index in [4.69, 9.17) is 14.2 Å². The fraction of sp³-hybridized carbons (Fsp3) is 0.517. The molecule has 3 amide bonds. The van der Waals surface area contributed by atoms with Crippen molar-refractivity contribution in [3.05, 3.63) is 47.5 Å². The highest BCUT2D eigenvalue weighted by Gasteiger charge is 2.31.